The average Bonchev–Trinajstić information content (AvgIpc) is 2.65. The van der Waals surface area contributed by atoms with Crippen molar-refractivity contribution in [3.8, 4) is 11.5 Å². The summed E-state index contributed by atoms with van der Waals surface area (Å²) in [4.78, 5) is 0. The highest BCUT2D eigenvalue weighted by Crippen LogP contribution is 2.18. The van der Waals surface area contributed by atoms with Gasteiger partial charge in [0.25, 0.3) is 0 Å². The number of ether oxygens (including phenoxy) is 1. The Labute approximate surface area is 158 Å². The molecule has 3 aromatic rings. The zero-order valence-electron chi connectivity index (χ0n) is 14.0. The third kappa shape index (κ3) is 5.81. The Balaban J connectivity index is 1.50. The molecule has 0 aliphatic carbocycles. The predicted octanol–water partition coefficient (Wildman–Crippen LogP) is 4.49. The Kier molecular flexibility index (Phi) is 6.55. The SMILES string of the molecule is OB(Oc1ccc(Cl)cc1)Oc1cccc(COCc2ccccc2)c1. The van der Waals surface area contributed by atoms with Gasteiger partial charge in [-0.05, 0) is 47.5 Å². The molecule has 0 fully saturated rings. The minimum Gasteiger partial charge on any atom is -0.501 e. The van der Waals surface area contributed by atoms with Crippen molar-refractivity contribution in [2.45, 2.75) is 13.2 Å². The van der Waals surface area contributed by atoms with Crippen LogP contribution in [0.15, 0.2) is 78.9 Å². The first-order valence-electron chi connectivity index (χ1n) is 8.16. The summed E-state index contributed by atoms with van der Waals surface area (Å²) in [5, 5.41) is 10.5. The van der Waals surface area contributed by atoms with E-state index in [1.165, 1.54) is 0 Å². The first kappa shape index (κ1) is 18.3. The lowest BCUT2D eigenvalue weighted by Gasteiger charge is -2.12. The van der Waals surface area contributed by atoms with Crippen LogP contribution >= 0.6 is 11.6 Å². The van der Waals surface area contributed by atoms with Crippen molar-refractivity contribution < 1.29 is 19.1 Å². The van der Waals surface area contributed by atoms with Crippen molar-refractivity contribution in [3.63, 3.8) is 0 Å². The first-order chi connectivity index (χ1) is 12.7. The fraction of sp³-hybridized carbons (Fsp3) is 0.100. The van der Waals surface area contributed by atoms with E-state index in [-0.39, 0.29) is 0 Å². The predicted molar refractivity (Wildman–Crippen MR) is 102 cm³/mol. The van der Waals surface area contributed by atoms with Crippen LogP contribution in [-0.2, 0) is 18.0 Å². The van der Waals surface area contributed by atoms with E-state index < -0.39 is 7.32 Å². The summed E-state index contributed by atoms with van der Waals surface area (Å²) in [5.41, 5.74) is 2.06. The Bertz CT molecular complexity index is 812. The molecule has 0 bridgehead atoms. The molecular formula is C20H18BClO4. The molecule has 0 spiro atoms. The maximum absolute atomic E-state index is 9.93. The molecule has 1 N–H and O–H groups in total. The molecule has 6 heteroatoms. The van der Waals surface area contributed by atoms with Crippen molar-refractivity contribution in [1.82, 2.24) is 0 Å². The van der Waals surface area contributed by atoms with Gasteiger partial charge in [0, 0.05) is 5.02 Å². The Morgan fingerprint density at radius 2 is 1.38 bits per heavy atom. The van der Waals surface area contributed by atoms with Crippen LogP contribution in [0.5, 0.6) is 11.5 Å². The summed E-state index contributed by atoms with van der Waals surface area (Å²) in [5.74, 6) is 0.955. The van der Waals surface area contributed by atoms with E-state index in [2.05, 4.69) is 0 Å². The molecule has 0 aliphatic rings. The number of halogens is 1. The van der Waals surface area contributed by atoms with Crippen LogP contribution in [0, 0.1) is 0 Å². The molecule has 0 aliphatic heterocycles. The van der Waals surface area contributed by atoms with Gasteiger partial charge in [0.05, 0.1) is 13.2 Å². The van der Waals surface area contributed by atoms with Crippen molar-refractivity contribution in [2.75, 3.05) is 0 Å². The zero-order valence-corrected chi connectivity index (χ0v) is 14.8. The van der Waals surface area contributed by atoms with Gasteiger partial charge in [-0.3, -0.25) is 0 Å². The van der Waals surface area contributed by atoms with Crippen LogP contribution in [-0.4, -0.2) is 12.3 Å². The average molecular weight is 369 g/mol. The van der Waals surface area contributed by atoms with Crippen molar-refractivity contribution in [3.05, 3.63) is 95.0 Å². The normalized spacial score (nSPS) is 10.4. The lowest BCUT2D eigenvalue weighted by Crippen LogP contribution is -2.29. The molecular weight excluding hydrogens is 350 g/mol. The van der Waals surface area contributed by atoms with Crippen molar-refractivity contribution in [1.29, 1.82) is 0 Å². The van der Waals surface area contributed by atoms with E-state index in [0.717, 1.165) is 11.1 Å². The second-order valence-corrected chi connectivity index (χ2v) is 6.06. The minimum absolute atomic E-state index is 0.445. The topological polar surface area (TPSA) is 47.9 Å². The third-order valence-electron chi connectivity index (χ3n) is 3.57. The fourth-order valence-electron chi connectivity index (χ4n) is 2.34. The maximum atomic E-state index is 9.93. The molecule has 0 aromatic heterocycles. The quantitative estimate of drug-likeness (QED) is 0.595. The van der Waals surface area contributed by atoms with Gasteiger partial charge in [-0.2, -0.15) is 0 Å². The van der Waals surface area contributed by atoms with Crippen LogP contribution in [0.2, 0.25) is 5.02 Å². The molecule has 0 saturated carbocycles. The highest BCUT2D eigenvalue weighted by atomic mass is 35.5. The van der Waals surface area contributed by atoms with E-state index in [9.17, 15) is 5.02 Å². The summed E-state index contributed by atoms with van der Waals surface area (Å²) < 4.78 is 16.4. The summed E-state index contributed by atoms with van der Waals surface area (Å²) in [6, 6.07) is 24.0. The molecule has 0 atom stereocenters. The standard InChI is InChI=1S/C20H18BClO4/c22-18-9-11-19(12-10-18)25-21(23)26-20-8-4-7-17(13-20)15-24-14-16-5-2-1-3-6-16/h1-13,23H,14-15H2. The van der Waals surface area contributed by atoms with E-state index in [4.69, 9.17) is 25.6 Å². The molecule has 0 saturated heterocycles. The number of hydrogen-bond donors (Lipinski definition) is 1. The van der Waals surface area contributed by atoms with Crippen LogP contribution in [0.3, 0.4) is 0 Å². The van der Waals surface area contributed by atoms with Crippen molar-refractivity contribution >= 4 is 18.9 Å². The first-order valence-corrected chi connectivity index (χ1v) is 8.54. The Morgan fingerprint density at radius 1 is 0.731 bits per heavy atom. The largest absolute Gasteiger partial charge is 0.785 e. The van der Waals surface area contributed by atoms with E-state index >= 15 is 0 Å². The number of hydrogen-bond acceptors (Lipinski definition) is 4. The summed E-state index contributed by atoms with van der Waals surface area (Å²) >= 11 is 5.81. The lowest BCUT2D eigenvalue weighted by molar-refractivity contribution is 0.107. The monoisotopic (exact) mass is 368 g/mol. The second-order valence-electron chi connectivity index (χ2n) is 5.62. The highest BCUT2D eigenvalue weighted by molar-refractivity contribution is 6.36. The molecule has 0 unspecified atom stereocenters. The minimum atomic E-state index is -1.42. The van der Waals surface area contributed by atoms with E-state index in [1.807, 2.05) is 42.5 Å². The van der Waals surface area contributed by atoms with Crippen LogP contribution < -0.4 is 9.31 Å². The summed E-state index contributed by atoms with van der Waals surface area (Å²) in [6.07, 6.45) is 0. The maximum Gasteiger partial charge on any atom is 0.785 e. The molecule has 0 heterocycles. The molecule has 26 heavy (non-hydrogen) atoms. The van der Waals surface area contributed by atoms with Gasteiger partial charge >= 0.3 is 7.32 Å². The van der Waals surface area contributed by atoms with Gasteiger partial charge in [-0.25, -0.2) is 0 Å². The molecule has 3 aromatic carbocycles. The highest BCUT2D eigenvalue weighted by Gasteiger charge is 2.21. The van der Waals surface area contributed by atoms with Gasteiger partial charge < -0.3 is 19.1 Å². The lowest BCUT2D eigenvalue weighted by atomic mass is 10.2. The smallest absolute Gasteiger partial charge is 0.501 e. The van der Waals surface area contributed by atoms with Gasteiger partial charge in [-0.1, -0.05) is 54.1 Å². The van der Waals surface area contributed by atoms with Gasteiger partial charge in [0.2, 0.25) is 0 Å². The fourth-order valence-corrected chi connectivity index (χ4v) is 2.47. The second kappa shape index (κ2) is 9.29. The molecule has 0 radical (unpaired) electrons. The molecule has 4 nitrogen and oxygen atoms in total. The third-order valence-corrected chi connectivity index (χ3v) is 3.82. The van der Waals surface area contributed by atoms with Gasteiger partial charge in [0.15, 0.2) is 0 Å². The van der Waals surface area contributed by atoms with E-state index in [0.29, 0.717) is 29.7 Å². The summed E-state index contributed by atoms with van der Waals surface area (Å²) in [7, 11) is -1.42. The van der Waals surface area contributed by atoms with Crippen LogP contribution in [0.25, 0.3) is 0 Å². The van der Waals surface area contributed by atoms with Crippen LogP contribution in [0.4, 0.5) is 0 Å². The molecule has 132 valence electrons. The van der Waals surface area contributed by atoms with E-state index in [1.54, 1.807) is 36.4 Å². The Hall–Kier alpha value is -2.47. The van der Waals surface area contributed by atoms with Crippen molar-refractivity contribution in [2.24, 2.45) is 0 Å². The Morgan fingerprint density at radius 3 is 2.15 bits per heavy atom. The van der Waals surface area contributed by atoms with Crippen LogP contribution in [0.1, 0.15) is 11.1 Å². The molecule has 0 amide bonds. The zero-order chi connectivity index (χ0) is 18.2. The molecule has 3 rings (SSSR count). The summed E-state index contributed by atoms with van der Waals surface area (Å²) in [6.45, 7) is 0.981. The van der Waals surface area contributed by atoms with Gasteiger partial charge in [0.1, 0.15) is 11.5 Å². The number of benzene rings is 3. The van der Waals surface area contributed by atoms with Gasteiger partial charge in [-0.15, -0.1) is 0 Å². The number of rotatable bonds is 8.